The van der Waals surface area contributed by atoms with Crippen LogP contribution in [0.25, 0.3) is 0 Å². The zero-order valence-corrected chi connectivity index (χ0v) is 23.0. The summed E-state index contributed by atoms with van der Waals surface area (Å²) in [5.74, 6) is 0.152. The van der Waals surface area contributed by atoms with Crippen LogP contribution in [0.4, 0.5) is 0 Å². The molecule has 0 N–H and O–H groups in total. The van der Waals surface area contributed by atoms with Crippen LogP contribution in [0.2, 0.25) is 0 Å². The zero-order chi connectivity index (χ0) is 28.0. The van der Waals surface area contributed by atoms with Crippen molar-refractivity contribution in [3.05, 3.63) is 128 Å². The summed E-state index contributed by atoms with van der Waals surface area (Å²) >= 11 is 1.17. The van der Waals surface area contributed by atoms with Crippen molar-refractivity contribution in [2.75, 3.05) is 13.1 Å². The van der Waals surface area contributed by atoms with E-state index in [1.807, 2.05) is 48.5 Å². The summed E-state index contributed by atoms with van der Waals surface area (Å²) in [5.41, 5.74) is 5.12. The van der Waals surface area contributed by atoms with Gasteiger partial charge in [-0.15, -0.1) is 11.3 Å². The fraction of sp³-hybridized carbons (Fsp3) is 0.235. The van der Waals surface area contributed by atoms with Crippen LogP contribution in [0.1, 0.15) is 58.1 Å². The first kappa shape index (κ1) is 23.4. The number of likely N-dealkylation sites (tertiary alicyclic amines) is 2. The Balaban J connectivity index is 1.02. The third-order valence-electron chi connectivity index (χ3n) is 10.6. The van der Waals surface area contributed by atoms with E-state index in [0.29, 0.717) is 40.0 Å². The Morgan fingerprint density at radius 2 is 1.37 bits per heavy atom. The van der Waals surface area contributed by atoms with Crippen molar-refractivity contribution < 1.29 is 19.2 Å². The van der Waals surface area contributed by atoms with Crippen LogP contribution < -0.4 is 0 Å². The standard InChI is InChI=1S/C34H24N2O4S/c1-17-23-15-35(29-13-25(37)19-7-3-5-9-21(19)33(17,23)29)31(39)27-11-12-28(41-27)32(40)36-16-24-18(2)34(24)22-10-6-4-8-20(22)26(38)14-30(34)36/h3-14,18,23-24H,1,15-16H2,2H3/t18-,23+,24+,33+,34+/m1/s1. The summed E-state index contributed by atoms with van der Waals surface area (Å²) in [7, 11) is 0. The van der Waals surface area contributed by atoms with Crippen LogP contribution in [0, 0.1) is 17.8 Å². The molecule has 0 radical (unpaired) electrons. The molecule has 2 spiro atoms. The number of hydrogen-bond donors (Lipinski definition) is 0. The minimum atomic E-state index is -0.478. The fourth-order valence-corrected chi connectivity index (χ4v) is 9.53. The molecule has 0 bridgehead atoms. The average Bonchev–Trinajstić information content (AvgIpc) is 3.45. The Labute approximate surface area is 240 Å². The van der Waals surface area contributed by atoms with E-state index in [4.69, 9.17) is 0 Å². The van der Waals surface area contributed by atoms with Crippen molar-refractivity contribution in [1.82, 2.24) is 9.80 Å². The molecular formula is C34H24N2O4S. The summed E-state index contributed by atoms with van der Waals surface area (Å²) in [6, 6.07) is 18.8. The van der Waals surface area contributed by atoms with Gasteiger partial charge in [-0.3, -0.25) is 19.2 Å². The Morgan fingerprint density at radius 3 is 2.05 bits per heavy atom. The van der Waals surface area contributed by atoms with Crippen LogP contribution in [0.15, 0.2) is 96.4 Å². The Kier molecular flexibility index (Phi) is 4.15. The summed E-state index contributed by atoms with van der Waals surface area (Å²) in [4.78, 5) is 58.0. The minimum Gasteiger partial charge on any atom is -0.310 e. The molecule has 6 nitrogen and oxygen atoms in total. The number of thiophene rings is 1. The van der Waals surface area contributed by atoms with Gasteiger partial charge < -0.3 is 9.80 Å². The van der Waals surface area contributed by atoms with E-state index in [1.54, 1.807) is 34.1 Å². The van der Waals surface area contributed by atoms with Gasteiger partial charge in [0.2, 0.25) is 0 Å². The molecule has 200 valence electrons. The number of benzene rings is 2. The van der Waals surface area contributed by atoms with E-state index in [-0.39, 0.29) is 40.6 Å². The second-order valence-electron chi connectivity index (χ2n) is 12.0. The highest BCUT2D eigenvalue weighted by atomic mass is 32.1. The SMILES string of the molecule is C=C1[C@@H]2CN(C(=O)c3ccc(C(=O)N4C[C@H]5[C@@H](C)[C@@]56C4=CC(=O)c4ccccc46)s3)C3=CC(=O)c4ccccc4[C@]132. The number of carbonyl (C=O) groups is 4. The van der Waals surface area contributed by atoms with Crippen molar-refractivity contribution in [1.29, 1.82) is 0 Å². The quantitative estimate of drug-likeness (QED) is 0.410. The number of rotatable bonds is 2. The molecular weight excluding hydrogens is 532 g/mol. The molecule has 4 fully saturated rings. The first-order valence-electron chi connectivity index (χ1n) is 14.0. The number of amides is 2. The molecule has 2 aliphatic heterocycles. The molecule has 3 heterocycles. The Hall–Kier alpha value is -4.36. The first-order chi connectivity index (χ1) is 19.8. The zero-order valence-electron chi connectivity index (χ0n) is 22.2. The van der Waals surface area contributed by atoms with Gasteiger partial charge in [0.05, 0.1) is 15.2 Å². The monoisotopic (exact) mass is 556 g/mol. The minimum absolute atomic E-state index is 0.0687. The molecule has 0 unspecified atom stereocenters. The van der Waals surface area contributed by atoms with Crippen molar-refractivity contribution >= 4 is 34.7 Å². The lowest BCUT2D eigenvalue weighted by atomic mass is 9.80. The molecule has 2 amide bonds. The van der Waals surface area contributed by atoms with Gasteiger partial charge in [-0.2, -0.15) is 0 Å². The number of allylic oxidation sites excluding steroid dienone is 4. The molecule has 9 rings (SSSR count). The molecule has 2 saturated heterocycles. The Bertz CT molecular complexity index is 1910. The lowest BCUT2D eigenvalue weighted by molar-refractivity contribution is 0.0806. The van der Waals surface area contributed by atoms with E-state index in [2.05, 4.69) is 13.5 Å². The molecule has 2 aromatic carbocycles. The van der Waals surface area contributed by atoms with Crippen molar-refractivity contribution in [2.45, 2.75) is 17.8 Å². The van der Waals surface area contributed by atoms with Gasteiger partial charge in [-0.05, 0) is 35.1 Å². The predicted molar refractivity (Wildman–Crippen MR) is 153 cm³/mol. The number of piperidine rings is 2. The maximum absolute atomic E-state index is 13.8. The van der Waals surface area contributed by atoms with Crippen molar-refractivity contribution in [3.63, 3.8) is 0 Å². The van der Waals surface area contributed by atoms with Gasteiger partial charge in [0.1, 0.15) is 0 Å². The van der Waals surface area contributed by atoms with Crippen molar-refractivity contribution in [3.8, 4) is 0 Å². The second kappa shape index (κ2) is 7.28. The third-order valence-corrected chi connectivity index (χ3v) is 11.7. The molecule has 6 aliphatic rings. The first-order valence-corrected chi connectivity index (χ1v) is 14.8. The maximum atomic E-state index is 13.8. The molecule has 7 heteroatoms. The number of nitrogens with zero attached hydrogens (tertiary/aromatic N) is 2. The molecule has 5 atom stereocenters. The van der Waals surface area contributed by atoms with Gasteiger partial charge in [0, 0.05) is 59.1 Å². The third kappa shape index (κ3) is 2.51. The highest BCUT2D eigenvalue weighted by Gasteiger charge is 2.73. The number of carbonyl (C=O) groups excluding carboxylic acids is 4. The summed E-state index contributed by atoms with van der Waals surface area (Å²) in [5, 5.41) is 0. The van der Waals surface area contributed by atoms with Gasteiger partial charge in [0.15, 0.2) is 11.6 Å². The lowest BCUT2D eigenvalue weighted by Gasteiger charge is -2.30. The lowest BCUT2D eigenvalue weighted by Crippen LogP contribution is -2.35. The van der Waals surface area contributed by atoms with E-state index in [0.717, 1.165) is 28.0 Å². The van der Waals surface area contributed by atoms with E-state index < -0.39 is 5.41 Å². The molecule has 1 aromatic heterocycles. The van der Waals surface area contributed by atoms with Crippen molar-refractivity contribution in [2.24, 2.45) is 17.8 Å². The smallest absolute Gasteiger partial charge is 0.268 e. The number of ketones is 2. The summed E-state index contributed by atoms with van der Waals surface area (Å²) < 4.78 is 0. The fourth-order valence-electron chi connectivity index (χ4n) is 8.63. The van der Waals surface area contributed by atoms with Gasteiger partial charge in [-0.25, -0.2) is 0 Å². The largest absolute Gasteiger partial charge is 0.310 e. The van der Waals surface area contributed by atoms with Crippen LogP contribution >= 0.6 is 11.3 Å². The molecule has 2 saturated carbocycles. The number of fused-ring (bicyclic) bond motifs is 2. The number of hydrogen-bond acceptors (Lipinski definition) is 5. The Morgan fingerprint density at radius 1 is 0.805 bits per heavy atom. The van der Waals surface area contributed by atoms with Crippen LogP contribution in [-0.2, 0) is 10.8 Å². The normalized spacial score (nSPS) is 31.3. The average molecular weight is 557 g/mol. The molecule has 4 aliphatic carbocycles. The highest BCUT2D eigenvalue weighted by Crippen LogP contribution is 2.71. The second-order valence-corrected chi connectivity index (χ2v) is 13.1. The van der Waals surface area contributed by atoms with E-state index in [9.17, 15) is 19.2 Å². The van der Waals surface area contributed by atoms with Crippen LogP contribution in [0.5, 0.6) is 0 Å². The van der Waals surface area contributed by atoms with Gasteiger partial charge >= 0.3 is 0 Å². The molecule has 41 heavy (non-hydrogen) atoms. The predicted octanol–water partition coefficient (Wildman–Crippen LogP) is 5.15. The highest BCUT2D eigenvalue weighted by molar-refractivity contribution is 7.16. The topological polar surface area (TPSA) is 74.8 Å². The summed E-state index contributed by atoms with van der Waals surface area (Å²) in [6.07, 6.45) is 3.25. The van der Waals surface area contributed by atoms with E-state index >= 15 is 0 Å². The molecule has 3 aromatic rings. The summed E-state index contributed by atoms with van der Waals surface area (Å²) in [6.45, 7) is 7.51. The van der Waals surface area contributed by atoms with Crippen LogP contribution in [0.3, 0.4) is 0 Å². The van der Waals surface area contributed by atoms with Crippen LogP contribution in [-0.4, -0.2) is 46.3 Å². The van der Waals surface area contributed by atoms with Gasteiger partial charge in [0.25, 0.3) is 11.8 Å². The van der Waals surface area contributed by atoms with Gasteiger partial charge in [-0.1, -0.05) is 67.6 Å². The van der Waals surface area contributed by atoms with E-state index in [1.165, 1.54) is 11.3 Å². The maximum Gasteiger partial charge on any atom is 0.268 e.